The predicted molar refractivity (Wildman–Crippen MR) is 72.1 cm³/mol. The van der Waals surface area contributed by atoms with Crippen LogP contribution in [0.5, 0.6) is 0 Å². The number of halogens is 4. The molecular formula is C13H13F4N3O3. The third kappa shape index (κ3) is 3.51. The molecule has 6 nitrogen and oxygen atoms in total. The van der Waals surface area contributed by atoms with Gasteiger partial charge in [0.2, 0.25) is 0 Å². The van der Waals surface area contributed by atoms with E-state index >= 15 is 0 Å². The molecule has 1 atom stereocenters. The van der Waals surface area contributed by atoms with Crippen LogP contribution in [0.3, 0.4) is 0 Å². The van der Waals surface area contributed by atoms with Crippen molar-refractivity contribution in [3.63, 3.8) is 0 Å². The number of piperidine rings is 1. The van der Waals surface area contributed by atoms with Crippen LogP contribution in [0.15, 0.2) is 12.1 Å². The van der Waals surface area contributed by atoms with Gasteiger partial charge in [-0.05, 0) is 18.9 Å². The van der Waals surface area contributed by atoms with Crippen LogP contribution in [-0.2, 0) is 0 Å². The molecular weight excluding hydrogens is 322 g/mol. The van der Waals surface area contributed by atoms with E-state index in [1.807, 2.05) is 0 Å². The van der Waals surface area contributed by atoms with Crippen LogP contribution in [0.2, 0.25) is 0 Å². The van der Waals surface area contributed by atoms with Crippen molar-refractivity contribution in [2.45, 2.75) is 19.0 Å². The Morgan fingerprint density at radius 3 is 2.61 bits per heavy atom. The van der Waals surface area contributed by atoms with Gasteiger partial charge in [-0.25, -0.2) is 4.39 Å². The van der Waals surface area contributed by atoms with Crippen molar-refractivity contribution in [2.75, 3.05) is 18.8 Å². The fourth-order valence-corrected chi connectivity index (χ4v) is 2.53. The molecule has 1 saturated heterocycles. The smallest absolute Gasteiger partial charge is 0.393 e. The number of carbonyl (C=O) groups is 1. The number of rotatable bonds is 2. The monoisotopic (exact) mass is 335 g/mol. The van der Waals surface area contributed by atoms with E-state index in [0.717, 1.165) is 4.90 Å². The van der Waals surface area contributed by atoms with Gasteiger partial charge in [0.05, 0.1) is 22.5 Å². The molecule has 10 heteroatoms. The maximum atomic E-state index is 13.5. The van der Waals surface area contributed by atoms with Gasteiger partial charge in [0.25, 0.3) is 11.6 Å². The zero-order valence-corrected chi connectivity index (χ0v) is 11.8. The first kappa shape index (κ1) is 17.0. The van der Waals surface area contributed by atoms with Gasteiger partial charge in [0.1, 0.15) is 11.5 Å². The minimum atomic E-state index is -4.45. The summed E-state index contributed by atoms with van der Waals surface area (Å²) in [5.74, 6) is -3.68. The Hall–Kier alpha value is -2.39. The fraction of sp³-hybridized carbons (Fsp3) is 0.462. The second-order valence-corrected chi connectivity index (χ2v) is 5.28. The Balaban J connectivity index is 2.32. The highest BCUT2D eigenvalue weighted by atomic mass is 19.4. The first-order valence-electron chi connectivity index (χ1n) is 6.70. The molecule has 0 unspecified atom stereocenters. The molecule has 0 radical (unpaired) electrons. The van der Waals surface area contributed by atoms with Crippen molar-refractivity contribution >= 4 is 17.3 Å². The van der Waals surface area contributed by atoms with E-state index in [1.165, 1.54) is 0 Å². The standard InChI is InChI=1S/C13H13F4N3O3/c14-8-4-9(11(18)10(5-8)20(22)23)12(21)19-3-1-2-7(6-19)13(15,16)17/h4-5,7H,1-3,6,18H2/t7-/m1/s1. The molecule has 0 bridgehead atoms. The van der Waals surface area contributed by atoms with Crippen molar-refractivity contribution in [3.05, 3.63) is 33.6 Å². The zero-order chi connectivity index (χ0) is 17.4. The summed E-state index contributed by atoms with van der Waals surface area (Å²) in [4.78, 5) is 23.0. The van der Waals surface area contributed by atoms with Gasteiger partial charge in [-0.1, -0.05) is 0 Å². The summed E-state index contributed by atoms with van der Waals surface area (Å²) in [7, 11) is 0. The van der Waals surface area contributed by atoms with Crippen molar-refractivity contribution in [1.29, 1.82) is 0 Å². The molecule has 1 amide bonds. The van der Waals surface area contributed by atoms with Gasteiger partial charge in [-0.15, -0.1) is 0 Å². The highest BCUT2D eigenvalue weighted by Gasteiger charge is 2.43. The Morgan fingerprint density at radius 2 is 2.04 bits per heavy atom. The van der Waals surface area contributed by atoms with Gasteiger partial charge in [-0.2, -0.15) is 13.2 Å². The number of nitro benzene ring substituents is 1. The first-order chi connectivity index (χ1) is 10.6. The summed E-state index contributed by atoms with van der Waals surface area (Å²) >= 11 is 0. The highest BCUT2D eigenvalue weighted by Crippen LogP contribution is 2.34. The number of likely N-dealkylation sites (tertiary alicyclic amines) is 1. The third-order valence-electron chi connectivity index (χ3n) is 3.72. The number of carbonyl (C=O) groups excluding carboxylic acids is 1. The van der Waals surface area contributed by atoms with E-state index < -0.39 is 52.2 Å². The lowest BCUT2D eigenvalue weighted by Gasteiger charge is -2.33. The number of hydrogen-bond acceptors (Lipinski definition) is 4. The molecule has 1 fully saturated rings. The number of nitrogens with zero attached hydrogens (tertiary/aromatic N) is 2. The quantitative estimate of drug-likeness (QED) is 0.389. The molecule has 0 spiro atoms. The largest absolute Gasteiger partial charge is 0.393 e. The van der Waals surface area contributed by atoms with Crippen molar-refractivity contribution in [2.24, 2.45) is 5.92 Å². The Labute approximate surface area is 128 Å². The zero-order valence-electron chi connectivity index (χ0n) is 11.8. The topological polar surface area (TPSA) is 89.5 Å². The van der Waals surface area contributed by atoms with Crippen molar-refractivity contribution in [1.82, 2.24) is 4.90 Å². The first-order valence-corrected chi connectivity index (χ1v) is 6.70. The average molecular weight is 335 g/mol. The van der Waals surface area contributed by atoms with Gasteiger partial charge in [0, 0.05) is 13.1 Å². The van der Waals surface area contributed by atoms with Crippen molar-refractivity contribution < 1.29 is 27.3 Å². The summed E-state index contributed by atoms with van der Waals surface area (Å²) in [6, 6.07) is 1.25. The molecule has 0 saturated carbocycles. The number of alkyl halides is 3. The van der Waals surface area contributed by atoms with Crippen LogP contribution in [0.1, 0.15) is 23.2 Å². The number of nitrogen functional groups attached to an aromatic ring is 1. The minimum absolute atomic E-state index is 0.0508. The number of nitrogens with two attached hydrogens (primary N) is 1. The lowest BCUT2D eigenvalue weighted by molar-refractivity contribution is -0.384. The van der Waals surface area contributed by atoms with Gasteiger partial charge >= 0.3 is 6.18 Å². The minimum Gasteiger partial charge on any atom is -0.393 e. The molecule has 2 N–H and O–H groups in total. The number of benzene rings is 1. The lowest BCUT2D eigenvalue weighted by atomic mass is 9.96. The van der Waals surface area contributed by atoms with Gasteiger partial charge < -0.3 is 10.6 Å². The van der Waals surface area contributed by atoms with E-state index in [9.17, 15) is 32.5 Å². The lowest BCUT2D eigenvalue weighted by Crippen LogP contribution is -2.44. The Kier molecular flexibility index (Phi) is 4.44. The van der Waals surface area contributed by atoms with Crippen molar-refractivity contribution in [3.8, 4) is 0 Å². The molecule has 1 aliphatic heterocycles. The Morgan fingerprint density at radius 1 is 1.39 bits per heavy atom. The SMILES string of the molecule is Nc1c(C(=O)N2CCC[C@@H](C(F)(F)F)C2)cc(F)cc1[N+](=O)[O-]. The summed E-state index contributed by atoms with van der Waals surface area (Å²) < 4.78 is 51.8. The summed E-state index contributed by atoms with van der Waals surface area (Å²) in [6.07, 6.45) is -4.42. The Bertz CT molecular complexity index is 648. The average Bonchev–Trinajstić information content (AvgIpc) is 2.47. The third-order valence-corrected chi connectivity index (χ3v) is 3.72. The fourth-order valence-electron chi connectivity index (χ4n) is 2.53. The maximum Gasteiger partial charge on any atom is 0.393 e. The van der Waals surface area contributed by atoms with Gasteiger partial charge in [0.15, 0.2) is 0 Å². The second-order valence-electron chi connectivity index (χ2n) is 5.28. The summed E-state index contributed by atoms with van der Waals surface area (Å²) in [5, 5.41) is 10.8. The molecule has 1 heterocycles. The van der Waals surface area contributed by atoms with E-state index in [0.29, 0.717) is 12.1 Å². The van der Waals surface area contributed by atoms with Crippen LogP contribution in [-0.4, -0.2) is 35.0 Å². The number of hydrogen-bond donors (Lipinski definition) is 1. The van der Waals surface area contributed by atoms with Crippen LogP contribution >= 0.6 is 0 Å². The van der Waals surface area contributed by atoms with E-state index in [2.05, 4.69) is 0 Å². The van der Waals surface area contributed by atoms with E-state index in [4.69, 9.17) is 5.73 Å². The number of nitro groups is 1. The molecule has 0 aliphatic carbocycles. The predicted octanol–water partition coefficient (Wildman–Crippen LogP) is 2.73. The van der Waals surface area contributed by atoms with Crippen LogP contribution < -0.4 is 5.73 Å². The highest BCUT2D eigenvalue weighted by molar-refractivity contribution is 6.01. The molecule has 1 aromatic rings. The van der Waals surface area contributed by atoms with Crippen LogP contribution in [0, 0.1) is 21.8 Å². The molecule has 2 rings (SSSR count). The number of anilines is 1. The van der Waals surface area contributed by atoms with E-state index in [1.54, 1.807) is 0 Å². The van der Waals surface area contributed by atoms with Crippen LogP contribution in [0.25, 0.3) is 0 Å². The van der Waals surface area contributed by atoms with Gasteiger partial charge in [-0.3, -0.25) is 14.9 Å². The maximum absolute atomic E-state index is 13.5. The normalized spacial score (nSPS) is 18.8. The van der Waals surface area contributed by atoms with Crippen LogP contribution in [0.4, 0.5) is 28.9 Å². The molecule has 1 aliphatic rings. The molecule has 0 aromatic heterocycles. The summed E-state index contributed by atoms with van der Waals surface area (Å²) in [5.41, 5.74) is 3.65. The summed E-state index contributed by atoms with van der Waals surface area (Å²) in [6.45, 7) is -0.527. The van der Waals surface area contributed by atoms with E-state index in [-0.39, 0.29) is 19.4 Å². The second kappa shape index (κ2) is 6.01. The molecule has 126 valence electrons. The molecule has 1 aromatic carbocycles. The molecule has 23 heavy (non-hydrogen) atoms. The number of amides is 1.